The molecule has 1 heterocycles. The summed E-state index contributed by atoms with van der Waals surface area (Å²) in [6.07, 6.45) is -3.79. The molecule has 0 spiro atoms. The van der Waals surface area contributed by atoms with Gasteiger partial charge in [-0.2, -0.15) is 0 Å². The third-order valence-electron chi connectivity index (χ3n) is 5.12. The van der Waals surface area contributed by atoms with Gasteiger partial charge >= 0.3 is 6.16 Å². The van der Waals surface area contributed by atoms with E-state index in [9.17, 15) is 18.4 Å². The summed E-state index contributed by atoms with van der Waals surface area (Å²) in [6, 6.07) is 20.9. The second-order valence-corrected chi connectivity index (χ2v) is 6.95. The number of rotatable bonds is 6. The van der Waals surface area contributed by atoms with Crippen LogP contribution in [0.5, 0.6) is 11.5 Å². The van der Waals surface area contributed by atoms with Crippen molar-refractivity contribution in [2.45, 2.75) is 17.9 Å². The van der Waals surface area contributed by atoms with Gasteiger partial charge in [0.2, 0.25) is 5.60 Å². The molecule has 7 heteroatoms. The molecular weight excluding hydrogens is 406 g/mol. The second kappa shape index (κ2) is 8.55. The van der Waals surface area contributed by atoms with Crippen LogP contribution in [0.15, 0.2) is 78.9 Å². The molecule has 0 N–H and O–H groups in total. The first kappa shape index (κ1) is 20.5. The lowest BCUT2D eigenvalue weighted by Gasteiger charge is -2.38. The number of alkyl halides is 2. The van der Waals surface area contributed by atoms with Crippen LogP contribution in [0.1, 0.15) is 22.6 Å². The molecule has 31 heavy (non-hydrogen) atoms. The average Bonchev–Trinajstić information content (AvgIpc) is 2.80. The van der Waals surface area contributed by atoms with E-state index >= 15 is 0 Å². The smallest absolute Gasteiger partial charge is 0.456 e. The molecule has 3 aromatic carbocycles. The topological polar surface area (TPSA) is 61.8 Å². The van der Waals surface area contributed by atoms with E-state index in [1.54, 1.807) is 54.6 Å². The number of fused-ring (bicyclic) bond motifs is 2. The first-order valence-electron chi connectivity index (χ1n) is 9.57. The van der Waals surface area contributed by atoms with Crippen LogP contribution in [0.25, 0.3) is 0 Å². The highest BCUT2D eigenvalue weighted by Gasteiger charge is 2.53. The molecule has 5 nitrogen and oxygen atoms in total. The number of hydrogen-bond acceptors (Lipinski definition) is 5. The fourth-order valence-electron chi connectivity index (χ4n) is 3.61. The number of carbonyl (C=O) groups is 2. The number of aldehydes is 1. The largest absolute Gasteiger partial charge is 0.509 e. The van der Waals surface area contributed by atoms with Crippen molar-refractivity contribution in [2.75, 3.05) is 6.61 Å². The van der Waals surface area contributed by atoms with E-state index in [1.165, 1.54) is 24.3 Å². The van der Waals surface area contributed by atoms with Gasteiger partial charge in [0.05, 0.1) is 5.92 Å². The van der Waals surface area contributed by atoms with Crippen LogP contribution in [-0.2, 0) is 19.9 Å². The van der Waals surface area contributed by atoms with Gasteiger partial charge in [-0.1, -0.05) is 66.7 Å². The Labute approximate surface area is 177 Å². The lowest BCUT2D eigenvalue weighted by molar-refractivity contribution is -0.113. The standard InChI is InChI=1S/C24H18F2O5/c25-22(26)24(31-23(28)29-15-17(14-27)16-8-2-1-3-9-16)18-10-4-6-12-20(18)30-21-13-7-5-11-19(21)24/h1-14,17,22H,15H2. The highest BCUT2D eigenvalue weighted by atomic mass is 19.3. The first-order valence-corrected chi connectivity index (χ1v) is 9.57. The third kappa shape index (κ3) is 3.74. The summed E-state index contributed by atoms with van der Waals surface area (Å²) in [5, 5.41) is 0. The van der Waals surface area contributed by atoms with Crippen LogP contribution in [0.3, 0.4) is 0 Å². The minimum Gasteiger partial charge on any atom is -0.456 e. The van der Waals surface area contributed by atoms with Crippen molar-refractivity contribution in [1.29, 1.82) is 0 Å². The van der Waals surface area contributed by atoms with Crippen molar-refractivity contribution in [3.8, 4) is 11.5 Å². The predicted octanol–water partition coefficient (Wildman–Crippen LogP) is 5.44. The number of ether oxygens (including phenoxy) is 3. The van der Waals surface area contributed by atoms with E-state index in [2.05, 4.69) is 0 Å². The van der Waals surface area contributed by atoms with Crippen LogP contribution in [0, 0.1) is 0 Å². The van der Waals surface area contributed by atoms with Gasteiger partial charge in [0.1, 0.15) is 24.4 Å². The maximum absolute atomic E-state index is 14.6. The Balaban J connectivity index is 1.64. The third-order valence-corrected chi connectivity index (χ3v) is 5.12. The molecule has 158 valence electrons. The number of para-hydroxylation sites is 2. The zero-order chi connectivity index (χ0) is 21.8. The Hall–Kier alpha value is -3.74. The lowest BCUT2D eigenvalue weighted by Crippen LogP contribution is -2.43. The van der Waals surface area contributed by atoms with Crippen LogP contribution < -0.4 is 4.74 Å². The summed E-state index contributed by atoms with van der Waals surface area (Å²) >= 11 is 0. The highest BCUT2D eigenvalue weighted by Crippen LogP contribution is 2.51. The van der Waals surface area contributed by atoms with Gasteiger partial charge in [0.25, 0.3) is 6.43 Å². The summed E-state index contributed by atoms with van der Waals surface area (Å²) in [6.45, 7) is -0.342. The molecule has 0 saturated heterocycles. The minimum atomic E-state index is -3.11. The Morgan fingerprint density at radius 2 is 1.45 bits per heavy atom. The fraction of sp³-hybridized carbons (Fsp3) is 0.167. The van der Waals surface area contributed by atoms with Crippen molar-refractivity contribution in [2.24, 2.45) is 0 Å². The molecule has 0 bridgehead atoms. The maximum Gasteiger partial charge on any atom is 0.509 e. The van der Waals surface area contributed by atoms with Gasteiger partial charge in [-0.15, -0.1) is 0 Å². The monoisotopic (exact) mass is 424 g/mol. The van der Waals surface area contributed by atoms with E-state index in [1.807, 2.05) is 0 Å². The molecule has 0 fully saturated rings. The molecule has 1 unspecified atom stereocenters. The van der Waals surface area contributed by atoms with Crippen molar-refractivity contribution < 1.29 is 32.6 Å². The Bertz CT molecular complexity index is 1040. The number of hydrogen-bond donors (Lipinski definition) is 0. The Morgan fingerprint density at radius 1 is 0.903 bits per heavy atom. The summed E-state index contributed by atoms with van der Waals surface area (Å²) in [4.78, 5) is 24.0. The molecule has 3 aromatic rings. The summed E-state index contributed by atoms with van der Waals surface area (Å²) < 4.78 is 45.3. The van der Waals surface area contributed by atoms with Gasteiger partial charge in [-0.3, -0.25) is 0 Å². The molecule has 4 rings (SSSR count). The summed E-state index contributed by atoms with van der Waals surface area (Å²) in [5.74, 6) is -0.431. The van der Waals surface area contributed by atoms with E-state index in [4.69, 9.17) is 14.2 Å². The molecule has 0 saturated carbocycles. The van der Waals surface area contributed by atoms with E-state index < -0.39 is 24.1 Å². The molecule has 0 aromatic heterocycles. The van der Waals surface area contributed by atoms with E-state index in [-0.39, 0.29) is 29.2 Å². The van der Waals surface area contributed by atoms with E-state index in [0.717, 1.165) is 0 Å². The lowest BCUT2D eigenvalue weighted by atomic mass is 9.83. The fourth-order valence-corrected chi connectivity index (χ4v) is 3.61. The molecule has 1 aliphatic heterocycles. The SMILES string of the molecule is O=CC(COC(=O)OC1(C(F)F)c2ccccc2Oc2ccccc21)c1ccccc1. The van der Waals surface area contributed by atoms with E-state index in [0.29, 0.717) is 11.8 Å². The zero-order valence-electron chi connectivity index (χ0n) is 16.2. The van der Waals surface area contributed by atoms with Crippen molar-refractivity contribution >= 4 is 12.4 Å². The summed E-state index contributed by atoms with van der Waals surface area (Å²) in [7, 11) is 0. The summed E-state index contributed by atoms with van der Waals surface area (Å²) in [5.41, 5.74) is -1.76. The quantitative estimate of drug-likeness (QED) is 0.390. The van der Waals surface area contributed by atoms with Crippen molar-refractivity contribution in [3.05, 3.63) is 95.6 Å². The number of benzene rings is 3. The molecule has 0 aliphatic carbocycles. The molecule has 0 radical (unpaired) electrons. The Morgan fingerprint density at radius 3 is 2.00 bits per heavy atom. The van der Waals surface area contributed by atoms with Crippen molar-refractivity contribution in [3.63, 3.8) is 0 Å². The molecule has 1 aliphatic rings. The van der Waals surface area contributed by atoms with Gasteiger partial charge in [-0.25, -0.2) is 13.6 Å². The zero-order valence-corrected chi connectivity index (χ0v) is 16.2. The van der Waals surface area contributed by atoms with Gasteiger partial charge < -0.3 is 19.0 Å². The maximum atomic E-state index is 14.6. The number of carbonyl (C=O) groups excluding carboxylic acids is 2. The van der Waals surface area contributed by atoms with Crippen LogP contribution >= 0.6 is 0 Å². The average molecular weight is 424 g/mol. The molecular formula is C24H18F2O5. The molecule has 0 amide bonds. The Kier molecular flexibility index (Phi) is 5.66. The first-order chi connectivity index (χ1) is 15.1. The normalized spacial score (nSPS) is 14.5. The van der Waals surface area contributed by atoms with Crippen molar-refractivity contribution in [1.82, 2.24) is 0 Å². The van der Waals surface area contributed by atoms with Gasteiger partial charge in [0.15, 0.2) is 0 Å². The number of halogens is 2. The van der Waals surface area contributed by atoms with Gasteiger partial charge in [-0.05, 0) is 17.7 Å². The van der Waals surface area contributed by atoms with Crippen LogP contribution in [0.4, 0.5) is 13.6 Å². The predicted molar refractivity (Wildman–Crippen MR) is 107 cm³/mol. The van der Waals surface area contributed by atoms with Crippen LogP contribution in [0.2, 0.25) is 0 Å². The van der Waals surface area contributed by atoms with Crippen LogP contribution in [-0.4, -0.2) is 25.5 Å². The minimum absolute atomic E-state index is 0.00986. The second-order valence-electron chi connectivity index (χ2n) is 6.95. The highest BCUT2D eigenvalue weighted by molar-refractivity contribution is 5.67. The van der Waals surface area contributed by atoms with Gasteiger partial charge in [0, 0.05) is 11.1 Å². The molecule has 1 atom stereocenters.